The van der Waals surface area contributed by atoms with Crippen LogP contribution in [0.15, 0.2) is 0 Å². The second-order valence-corrected chi connectivity index (χ2v) is 6.36. The third-order valence-electron chi connectivity index (χ3n) is 2.48. The van der Waals surface area contributed by atoms with Gasteiger partial charge in [0.1, 0.15) is 6.04 Å². The topological polar surface area (TPSA) is 150 Å². The van der Waals surface area contributed by atoms with Crippen molar-refractivity contribution in [2.75, 3.05) is 5.75 Å². The molecule has 0 aliphatic carbocycles. The van der Waals surface area contributed by atoms with Gasteiger partial charge in [-0.1, -0.05) is 6.92 Å². The molecular formula is C11H20N2O7S. The van der Waals surface area contributed by atoms with E-state index in [1.54, 1.807) is 6.92 Å². The zero-order chi connectivity index (χ0) is 16.6. The maximum Gasteiger partial charge on any atom is 0.326 e. The van der Waals surface area contributed by atoms with Crippen LogP contribution in [0.5, 0.6) is 0 Å². The smallest absolute Gasteiger partial charge is 0.326 e. The van der Waals surface area contributed by atoms with E-state index in [9.17, 15) is 22.8 Å². The summed E-state index contributed by atoms with van der Waals surface area (Å²) < 4.78 is 25.1. The molecule has 0 aromatic heterocycles. The van der Waals surface area contributed by atoms with Crippen LogP contribution in [0.25, 0.3) is 0 Å². The van der Waals surface area contributed by atoms with E-state index in [1.165, 1.54) is 6.92 Å². The van der Waals surface area contributed by atoms with Gasteiger partial charge in [-0.3, -0.25) is 9.59 Å². The molecule has 0 aliphatic rings. The molecule has 122 valence electrons. The highest BCUT2D eigenvalue weighted by Crippen LogP contribution is 2.00. The lowest BCUT2D eigenvalue weighted by atomic mass is 10.1. The van der Waals surface area contributed by atoms with Crippen molar-refractivity contribution in [3.63, 3.8) is 0 Å². The normalized spacial score (nSPS) is 14.2. The molecule has 10 heteroatoms. The molecule has 9 nitrogen and oxygen atoms in total. The molecule has 0 aliphatic heterocycles. The molecule has 0 aromatic rings. The van der Waals surface area contributed by atoms with E-state index in [0.717, 1.165) is 0 Å². The Morgan fingerprint density at radius 3 is 2.19 bits per heavy atom. The van der Waals surface area contributed by atoms with Crippen LogP contribution < -0.4 is 10.0 Å². The van der Waals surface area contributed by atoms with E-state index in [-0.39, 0.29) is 12.2 Å². The van der Waals surface area contributed by atoms with Crippen LogP contribution in [0.3, 0.4) is 0 Å². The molecule has 0 saturated heterocycles. The summed E-state index contributed by atoms with van der Waals surface area (Å²) in [6, 6.07) is -2.53. The molecule has 1 amide bonds. The minimum absolute atomic E-state index is 0.147. The first kappa shape index (κ1) is 19.3. The average molecular weight is 324 g/mol. The summed E-state index contributed by atoms with van der Waals surface area (Å²) in [5.74, 6) is -3.54. The number of carboxylic acid groups (broad SMARTS) is 2. The van der Waals surface area contributed by atoms with E-state index < -0.39 is 46.4 Å². The van der Waals surface area contributed by atoms with Gasteiger partial charge in [0, 0.05) is 6.42 Å². The number of rotatable bonds is 10. The Balaban J connectivity index is 4.61. The molecule has 2 atom stereocenters. The van der Waals surface area contributed by atoms with Gasteiger partial charge < -0.3 is 15.5 Å². The molecule has 21 heavy (non-hydrogen) atoms. The highest BCUT2D eigenvalue weighted by Gasteiger charge is 2.25. The zero-order valence-corrected chi connectivity index (χ0v) is 12.6. The lowest BCUT2D eigenvalue weighted by Gasteiger charge is -2.18. The summed E-state index contributed by atoms with van der Waals surface area (Å²) in [7, 11) is -3.61. The van der Waals surface area contributed by atoms with Crippen LogP contribution in [-0.4, -0.2) is 54.3 Å². The average Bonchev–Trinajstić information content (AvgIpc) is 2.32. The molecule has 4 N–H and O–H groups in total. The maximum atomic E-state index is 11.7. The number of nitrogens with one attached hydrogen (secondary N) is 2. The summed E-state index contributed by atoms with van der Waals surface area (Å²) in [6.07, 6.45) is -0.335. The standard InChI is InChI=1S/C11H20N2O7S/c1-3-6-21(19,20)13-7(2)10(16)12-8(11(17)18)4-5-9(14)15/h7-8,13H,3-6H2,1-2H3,(H,12,16)(H,14,15)(H,17,18)/t7?,8-/m0/s1. The molecule has 0 fully saturated rings. The highest BCUT2D eigenvalue weighted by atomic mass is 32.2. The van der Waals surface area contributed by atoms with Crippen molar-refractivity contribution in [3.8, 4) is 0 Å². The number of carboxylic acids is 2. The molecule has 0 heterocycles. The highest BCUT2D eigenvalue weighted by molar-refractivity contribution is 7.89. The monoisotopic (exact) mass is 324 g/mol. The van der Waals surface area contributed by atoms with Gasteiger partial charge in [-0.15, -0.1) is 0 Å². The van der Waals surface area contributed by atoms with Gasteiger partial charge in [0.05, 0.1) is 11.8 Å². The van der Waals surface area contributed by atoms with Crippen LogP contribution in [0.2, 0.25) is 0 Å². The lowest BCUT2D eigenvalue weighted by molar-refractivity contribution is -0.143. The molecule has 0 spiro atoms. The minimum atomic E-state index is -3.61. The quantitative estimate of drug-likeness (QED) is 0.408. The Bertz CT molecular complexity index is 489. The SMILES string of the molecule is CCCS(=O)(=O)NC(C)C(=O)N[C@@H](CCC(=O)O)C(=O)O. The molecule has 0 bridgehead atoms. The van der Waals surface area contributed by atoms with Crippen molar-refractivity contribution in [2.24, 2.45) is 0 Å². The van der Waals surface area contributed by atoms with Gasteiger partial charge in [0.15, 0.2) is 0 Å². The molecule has 1 unspecified atom stereocenters. The summed E-state index contributed by atoms with van der Waals surface area (Å²) in [5.41, 5.74) is 0. The number of aliphatic carboxylic acids is 2. The molecule has 0 radical (unpaired) electrons. The fraction of sp³-hybridized carbons (Fsp3) is 0.727. The fourth-order valence-corrected chi connectivity index (χ4v) is 2.77. The van der Waals surface area contributed by atoms with Crippen molar-refractivity contribution < 1.29 is 33.0 Å². The van der Waals surface area contributed by atoms with Gasteiger partial charge in [-0.05, 0) is 19.8 Å². The summed E-state index contributed by atoms with van der Waals surface area (Å²) in [6.45, 7) is 2.94. The first-order valence-corrected chi connectivity index (χ1v) is 7.99. The van der Waals surface area contributed by atoms with Gasteiger partial charge >= 0.3 is 11.9 Å². The van der Waals surface area contributed by atoms with Gasteiger partial charge in [0.2, 0.25) is 15.9 Å². The maximum absolute atomic E-state index is 11.7. The Morgan fingerprint density at radius 1 is 1.19 bits per heavy atom. The summed E-state index contributed by atoms with van der Waals surface area (Å²) >= 11 is 0. The predicted molar refractivity (Wildman–Crippen MR) is 73.1 cm³/mol. The number of amides is 1. The molecule has 0 aromatic carbocycles. The van der Waals surface area contributed by atoms with Gasteiger partial charge in [-0.25, -0.2) is 17.9 Å². The Hall–Kier alpha value is -1.68. The van der Waals surface area contributed by atoms with Gasteiger partial charge in [-0.2, -0.15) is 0 Å². The van der Waals surface area contributed by atoms with Crippen LogP contribution in [0.4, 0.5) is 0 Å². The first-order chi connectivity index (χ1) is 9.59. The number of hydrogen-bond donors (Lipinski definition) is 4. The van der Waals surface area contributed by atoms with E-state index in [0.29, 0.717) is 6.42 Å². The Morgan fingerprint density at radius 2 is 1.76 bits per heavy atom. The molecule has 0 rings (SSSR count). The zero-order valence-electron chi connectivity index (χ0n) is 11.8. The largest absolute Gasteiger partial charge is 0.481 e. The second kappa shape index (κ2) is 8.57. The first-order valence-electron chi connectivity index (χ1n) is 6.34. The summed E-state index contributed by atoms with van der Waals surface area (Å²) in [4.78, 5) is 33.1. The number of carbonyl (C=O) groups excluding carboxylic acids is 1. The predicted octanol–water partition coefficient (Wildman–Crippen LogP) is -0.861. The Labute approximate surface area is 122 Å². The Kier molecular flexibility index (Phi) is 7.89. The van der Waals surface area contributed by atoms with E-state index >= 15 is 0 Å². The van der Waals surface area contributed by atoms with Crippen LogP contribution >= 0.6 is 0 Å². The van der Waals surface area contributed by atoms with Crippen molar-refractivity contribution >= 4 is 27.9 Å². The van der Waals surface area contributed by atoms with Crippen molar-refractivity contribution in [1.29, 1.82) is 0 Å². The van der Waals surface area contributed by atoms with Crippen LogP contribution in [0, 0.1) is 0 Å². The molecular weight excluding hydrogens is 304 g/mol. The van der Waals surface area contributed by atoms with Crippen LogP contribution in [-0.2, 0) is 24.4 Å². The van der Waals surface area contributed by atoms with Crippen molar-refractivity contribution in [2.45, 2.75) is 45.2 Å². The van der Waals surface area contributed by atoms with E-state index in [1.807, 2.05) is 0 Å². The minimum Gasteiger partial charge on any atom is -0.481 e. The van der Waals surface area contributed by atoms with E-state index in [4.69, 9.17) is 10.2 Å². The van der Waals surface area contributed by atoms with Crippen molar-refractivity contribution in [3.05, 3.63) is 0 Å². The number of carbonyl (C=O) groups is 3. The van der Waals surface area contributed by atoms with E-state index in [2.05, 4.69) is 10.0 Å². The van der Waals surface area contributed by atoms with Gasteiger partial charge in [0.25, 0.3) is 0 Å². The second-order valence-electron chi connectivity index (χ2n) is 4.49. The third kappa shape index (κ3) is 8.25. The summed E-state index contributed by atoms with van der Waals surface area (Å²) in [5, 5.41) is 19.5. The van der Waals surface area contributed by atoms with Crippen LogP contribution in [0.1, 0.15) is 33.1 Å². The fourth-order valence-electron chi connectivity index (χ4n) is 1.47. The van der Waals surface area contributed by atoms with Crippen molar-refractivity contribution in [1.82, 2.24) is 10.0 Å². The number of hydrogen-bond acceptors (Lipinski definition) is 5. The molecule has 0 saturated carbocycles. The third-order valence-corrected chi connectivity index (χ3v) is 4.14. The lowest BCUT2D eigenvalue weighted by Crippen LogP contribution is -2.50. The number of sulfonamides is 1.